The number of amides is 1. The molecular formula is C24H14F3NO3. The summed E-state index contributed by atoms with van der Waals surface area (Å²) in [4.78, 5) is 27.9. The number of nitrogens with zero attached hydrogens (tertiary/aromatic N) is 1. The molecule has 0 bridgehead atoms. The van der Waals surface area contributed by atoms with Crippen molar-refractivity contribution in [3.63, 3.8) is 0 Å². The summed E-state index contributed by atoms with van der Waals surface area (Å²) in [6, 6.07) is 13.7. The molecule has 1 unspecified atom stereocenters. The van der Waals surface area contributed by atoms with Gasteiger partial charge in [-0.15, -0.1) is 0 Å². The number of carbonyl (C=O) groups is 1. The van der Waals surface area contributed by atoms with Crippen molar-refractivity contribution in [3.8, 4) is 0 Å². The van der Waals surface area contributed by atoms with E-state index < -0.39 is 34.8 Å². The maximum absolute atomic E-state index is 13.8. The fourth-order valence-corrected chi connectivity index (χ4v) is 3.93. The summed E-state index contributed by atoms with van der Waals surface area (Å²) in [5.41, 5.74) is 0.772. The standard InChI is InChI=1S/C24H14F3NO3/c25-15-5-1-13(2-6-15)12-28-21(14-3-7-16(26)8-4-14)20-22(29)18-11-17(27)9-10-19(18)31-23(20)24(28)30/h1-11,21H,12H2. The number of fused-ring (bicyclic) bond motifs is 2. The predicted octanol–water partition coefficient (Wildman–Crippen LogP) is 4.96. The van der Waals surface area contributed by atoms with Crippen molar-refractivity contribution in [3.05, 3.63) is 117 Å². The van der Waals surface area contributed by atoms with Gasteiger partial charge in [-0.25, -0.2) is 13.2 Å². The summed E-state index contributed by atoms with van der Waals surface area (Å²) in [6.45, 7) is 0.0650. The molecule has 1 aliphatic rings. The fourth-order valence-electron chi connectivity index (χ4n) is 3.93. The Morgan fingerprint density at radius 2 is 1.42 bits per heavy atom. The van der Waals surface area contributed by atoms with Crippen molar-refractivity contribution in [2.24, 2.45) is 0 Å². The molecule has 0 aliphatic carbocycles. The molecule has 0 fully saturated rings. The highest BCUT2D eigenvalue weighted by atomic mass is 19.1. The zero-order valence-electron chi connectivity index (χ0n) is 15.9. The molecule has 0 radical (unpaired) electrons. The van der Waals surface area contributed by atoms with Gasteiger partial charge in [0.2, 0.25) is 5.76 Å². The van der Waals surface area contributed by atoms with Crippen LogP contribution in [0.25, 0.3) is 11.0 Å². The van der Waals surface area contributed by atoms with E-state index in [1.807, 2.05) is 0 Å². The van der Waals surface area contributed by atoms with Gasteiger partial charge in [0.25, 0.3) is 5.91 Å². The van der Waals surface area contributed by atoms with Crippen LogP contribution in [0.5, 0.6) is 0 Å². The summed E-state index contributed by atoms with van der Waals surface area (Å²) >= 11 is 0. The fraction of sp³-hybridized carbons (Fsp3) is 0.0833. The lowest BCUT2D eigenvalue weighted by Gasteiger charge is -2.25. The largest absolute Gasteiger partial charge is 0.450 e. The maximum Gasteiger partial charge on any atom is 0.291 e. The van der Waals surface area contributed by atoms with Crippen molar-refractivity contribution < 1.29 is 22.4 Å². The molecule has 1 atom stereocenters. The van der Waals surface area contributed by atoms with Crippen LogP contribution < -0.4 is 5.43 Å². The van der Waals surface area contributed by atoms with Gasteiger partial charge in [-0.05, 0) is 53.6 Å². The highest BCUT2D eigenvalue weighted by molar-refractivity contribution is 5.99. The molecule has 0 saturated carbocycles. The van der Waals surface area contributed by atoms with Crippen LogP contribution >= 0.6 is 0 Å². The number of hydrogen-bond donors (Lipinski definition) is 0. The molecule has 1 aliphatic heterocycles. The van der Waals surface area contributed by atoms with Gasteiger partial charge in [-0.3, -0.25) is 9.59 Å². The maximum atomic E-state index is 13.8. The number of carbonyl (C=O) groups excluding carboxylic acids is 1. The monoisotopic (exact) mass is 421 g/mol. The Kier molecular flexibility index (Phi) is 4.39. The molecule has 2 heterocycles. The van der Waals surface area contributed by atoms with Gasteiger partial charge in [0.15, 0.2) is 5.43 Å². The third-order valence-electron chi connectivity index (χ3n) is 5.38. The average Bonchev–Trinajstić information content (AvgIpc) is 3.03. The molecular weight excluding hydrogens is 407 g/mol. The zero-order chi connectivity index (χ0) is 21.7. The lowest BCUT2D eigenvalue weighted by Crippen LogP contribution is -2.29. The molecule has 4 nitrogen and oxygen atoms in total. The third-order valence-corrected chi connectivity index (χ3v) is 5.38. The summed E-state index contributed by atoms with van der Waals surface area (Å²) in [5.74, 6) is -2.16. The van der Waals surface area contributed by atoms with Gasteiger partial charge in [0, 0.05) is 6.54 Å². The molecule has 0 N–H and O–H groups in total. The van der Waals surface area contributed by atoms with E-state index in [1.165, 1.54) is 59.5 Å². The van der Waals surface area contributed by atoms with E-state index in [0.717, 1.165) is 12.1 Å². The minimum Gasteiger partial charge on any atom is -0.450 e. The molecule has 0 saturated heterocycles. The molecule has 0 spiro atoms. The smallest absolute Gasteiger partial charge is 0.291 e. The van der Waals surface area contributed by atoms with E-state index in [9.17, 15) is 22.8 Å². The van der Waals surface area contributed by atoms with Crippen molar-refractivity contribution in [2.75, 3.05) is 0 Å². The number of benzene rings is 3. The summed E-state index contributed by atoms with van der Waals surface area (Å²) in [7, 11) is 0. The van der Waals surface area contributed by atoms with Gasteiger partial charge in [0.05, 0.1) is 17.0 Å². The molecule has 1 amide bonds. The second-order valence-corrected chi connectivity index (χ2v) is 7.33. The first-order valence-corrected chi connectivity index (χ1v) is 9.49. The highest BCUT2D eigenvalue weighted by Gasteiger charge is 2.42. The normalized spacial score (nSPS) is 15.5. The van der Waals surface area contributed by atoms with Gasteiger partial charge in [0.1, 0.15) is 23.0 Å². The Hall–Kier alpha value is -3.87. The zero-order valence-corrected chi connectivity index (χ0v) is 15.9. The first-order chi connectivity index (χ1) is 14.9. The van der Waals surface area contributed by atoms with E-state index in [-0.39, 0.29) is 28.8 Å². The van der Waals surface area contributed by atoms with E-state index in [1.54, 1.807) is 0 Å². The topological polar surface area (TPSA) is 50.5 Å². The van der Waals surface area contributed by atoms with Crippen molar-refractivity contribution in [1.82, 2.24) is 4.90 Å². The Morgan fingerprint density at radius 1 is 0.806 bits per heavy atom. The van der Waals surface area contributed by atoms with Crippen molar-refractivity contribution >= 4 is 16.9 Å². The van der Waals surface area contributed by atoms with E-state index in [0.29, 0.717) is 11.1 Å². The average molecular weight is 421 g/mol. The van der Waals surface area contributed by atoms with Gasteiger partial charge >= 0.3 is 0 Å². The quantitative estimate of drug-likeness (QED) is 0.470. The van der Waals surface area contributed by atoms with Crippen LogP contribution in [-0.4, -0.2) is 10.8 Å². The summed E-state index contributed by atoms with van der Waals surface area (Å²) in [5, 5.41) is 0.0160. The minimum atomic E-state index is -0.864. The Bertz CT molecular complexity index is 1380. The SMILES string of the molecule is O=C1c2oc3ccc(F)cc3c(=O)c2C(c2ccc(F)cc2)N1Cc1ccc(F)cc1. The van der Waals surface area contributed by atoms with Gasteiger partial charge in [-0.2, -0.15) is 0 Å². The Labute approximate surface area is 174 Å². The second kappa shape index (κ2) is 7.12. The molecule has 31 heavy (non-hydrogen) atoms. The molecule has 3 aromatic carbocycles. The van der Waals surface area contributed by atoms with Crippen LogP contribution in [0, 0.1) is 17.5 Å². The Morgan fingerprint density at radius 3 is 2.10 bits per heavy atom. The van der Waals surface area contributed by atoms with E-state index >= 15 is 0 Å². The van der Waals surface area contributed by atoms with Crippen LogP contribution in [0.15, 0.2) is 75.9 Å². The summed E-state index contributed by atoms with van der Waals surface area (Å²) in [6.07, 6.45) is 0. The van der Waals surface area contributed by atoms with Gasteiger partial charge in [-0.1, -0.05) is 24.3 Å². The highest BCUT2D eigenvalue weighted by Crippen LogP contribution is 2.39. The van der Waals surface area contributed by atoms with Crippen molar-refractivity contribution in [1.29, 1.82) is 0 Å². The lowest BCUT2D eigenvalue weighted by atomic mass is 9.98. The van der Waals surface area contributed by atoms with E-state index in [4.69, 9.17) is 4.42 Å². The number of hydrogen-bond acceptors (Lipinski definition) is 3. The van der Waals surface area contributed by atoms with Crippen LogP contribution in [0.1, 0.15) is 33.3 Å². The number of rotatable bonds is 3. The predicted molar refractivity (Wildman–Crippen MR) is 107 cm³/mol. The van der Waals surface area contributed by atoms with E-state index in [2.05, 4.69) is 0 Å². The van der Waals surface area contributed by atoms with Crippen LogP contribution in [0.4, 0.5) is 13.2 Å². The molecule has 7 heteroatoms. The molecule has 4 aromatic rings. The van der Waals surface area contributed by atoms with Crippen LogP contribution in [0.2, 0.25) is 0 Å². The van der Waals surface area contributed by atoms with Crippen LogP contribution in [-0.2, 0) is 6.54 Å². The minimum absolute atomic E-state index is 0.0160. The first-order valence-electron chi connectivity index (χ1n) is 9.49. The van der Waals surface area contributed by atoms with Crippen molar-refractivity contribution in [2.45, 2.75) is 12.6 Å². The molecule has 154 valence electrons. The first kappa shape index (κ1) is 19.1. The second-order valence-electron chi connectivity index (χ2n) is 7.33. The third kappa shape index (κ3) is 3.18. The van der Waals surface area contributed by atoms with Crippen LogP contribution in [0.3, 0.4) is 0 Å². The summed E-state index contributed by atoms with van der Waals surface area (Å²) < 4.78 is 46.3. The number of halogens is 3. The lowest BCUT2D eigenvalue weighted by molar-refractivity contribution is 0.0714. The Balaban J connectivity index is 1.72. The molecule has 1 aromatic heterocycles. The van der Waals surface area contributed by atoms with Gasteiger partial charge < -0.3 is 9.32 Å². The molecule has 5 rings (SSSR count).